The third-order valence-corrected chi connectivity index (χ3v) is 8.26. The molecule has 6 aliphatic rings. The molecule has 4 bridgehead atoms. The molecule has 26 heavy (non-hydrogen) atoms. The van der Waals surface area contributed by atoms with Crippen LogP contribution in [0, 0.1) is 17.8 Å². The number of hydrogen-bond acceptors (Lipinski definition) is 2. The zero-order valence-corrected chi connectivity index (χ0v) is 15.3. The van der Waals surface area contributed by atoms with Crippen molar-refractivity contribution < 1.29 is 9.90 Å². The van der Waals surface area contributed by atoms with Gasteiger partial charge < -0.3 is 14.9 Å². The second kappa shape index (κ2) is 5.03. The number of fused-ring (bicyclic) bond motifs is 1. The van der Waals surface area contributed by atoms with Crippen LogP contribution in [0.5, 0.6) is 0 Å². The molecule has 4 nitrogen and oxygen atoms in total. The number of carbonyl (C=O) groups is 1. The van der Waals surface area contributed by atoms with Crippen molar-refractivity contribution in [2.45, 2.75) is 62.1 Å². The summed E-state index contributed by atoms with van der Waals surface area (Å²) in [6.45, 7) is 1.73. The van der Waals surface area contributed by atoms with E-state index in [1.54, 1.807) is 0 Å². The molecular weight excluding hydrogens is 324 g/mol. The molecule has 7 rings (SSSR count). The summed E-state index contributed by atoms with van der Waals surface area (Å²) >= 11 is 0. The molecule has 2 heterocycles. The second-order valence-corrected chi connectivity index (χ2v) is 9.75. The summed E-state index contributed by atoms with van der Waals surface area (Å²) < 4.78 is 0. The lowest BCUT2D eigenvalue weighted by Crippen LogP contribution is -2.62. The topological polar surface area (TPSA) is 43.8 Å². The molecule has 4 aliphatic carbocycles. The number of hydrogen-bond donors (Lipinski definition) is 1. The van der Waals surface area contributed by atoms with Gasteiger partial charge >= 0.3 is 6.03 Å². The minimum atomic E-state index is -0.428. The van der Waals surface area contributed by atoms with Gasteiger partial charge in [-0.2, -0.15) is 0 Å². The molecule has 0 aromatic heterocycles. The van der Waals surface area contributed by atoms with E-state index in [4.69, 9.17) is 0 Å². The molecule has 3 unspecified atom stereocenters. The summed E-state index contributed by atoms with van der Waals surface area (Å²) in [4.78, 5) is 17.9. The molecule has 138 valence electrons. The minimum Gasteiger partial charge on any atom is -0.390 e. The minimum absolute atomic E-state index is 0.121. The summed E-state index contributed by atoms with van der Waals surface area (Å²) in [6.07, 6.45) is 7.43. The van der Waals surface area contributed by atoms with Gasteiger partial charge in [-0.15, -0.1) is 0 Å². The van der Waals surface area contributed by atoms with Crippen molar-refractivity contribution in [1.29, 1.82) is 0 Å². The van der Waals surface area contributed by atoms with E-state index in [9.17, 15) is 9.90 Å². The van der Waals surface area contributed by atoms with Gasteiger partial charge in [-0.1, -0.05) is 30.3 Å². The Bertz CT molecular complexity index is 734. The highest BCUT2D eigenvalue weighted by Gasteiger charge is 2.61. The number of carbonyl (C=O) groups excluding carboxylic acids is 1. The van der Waals surface area contributed by atoms with Crippen LogP contribution in [0.25, 0.3) is 0 Å². The molecule has 2 aliphatic heterocycles. The quantitative estimate of drug-likeness (QED) is 0.887. The van der Waals surface area contributed by atoms with Crippen molar-refractivity contribution in [2.75, 3.05) is 13.1 Å². The lowest BCUT2D eigenvalue weighted by Gasteiger charge is -2.59. The molecule has 0 spiro atoms. The van der Waals surface area contributed by atoms with Gasteiger partial charge in [0.25, 0.3) is 0 Å². The maximum atomic E-state index is 13.5. The highest BCUT2D eigenvalue weighted by molar-refractivity contribution is 5.79. The molecule has 4 saturated carbocycles. The summed E-state index contributed by atoms with van der Waals surface area (Å²) in [6, 6.07) is 11.3. The summed E-state index contributed by atoms with van der Waals surface area (Å²) in [5.74, 6) is 1.69. The number of amides is 2. The first-order valence-corrected chi connectivity index (χ1v) is 10.4. The predicted molar refractivity (Wildman–Crippen MR) is 98.5 cm³/mol. The normalized spacial score (nSPS) is 46.3. The van der Waals surface area contributed by atoms with E-state index in [2.05, 4.69) is 40.1 Å². The first kappa shape index (κ1) is 15.5. The Morgan fingerprint density at radius 1 is 1.04 bits per heavy atom. The fourth-order valence-electron chi connectivity index (χ4n) is 7.66. The van der Waals surface area contributed by atoms with Gasteiger partial charge in [0.1, 0.15) is 0 Å². The Hall–Kier alpha value is -1.55. The average Bonchev–Trinajstić information content (AvgIpc) is 3.14. The largest absolute Gasteiger partial charge is 0.390 e. The average molecular weight is 352 g/mol. The van der Waals surface area contributed by atoms with Crippen LogP contribution in [0.2, 0.25) is 0 Å². The van der Waals surface area contributed by atoms with Gasteiger partial charge in [-0.05, 0) is 68.3 Å². The van der Waals surface area contributed by atoms with E-state index < -0.39 is 5.60 Å². The zero-order chi connectivity index (χ0) is 17.5. The fraction of sp³-hybridized carbons (Fsp3) is 0.682. The van der Waals surface area contributed by atoms with Crippen molar-refractivity contribution >= 4 is 6.03 Å². The Kier molecular flexibility index (Phi) is 3.00. The highest BCUT2D eigenvalue weighted by atomic mass is 16.3. The van der Waals surface area contributed by atoms with Gasteiger partial charge in [0, 0.05) is 12.6 Å². The summed E-state index contributed by atoms with van der Waals surface area (Å²) in [5, 5.41) is 10.9. The standard InChI is InChI=1S/C22H28N2O2/c25-20-23(19-16-9-15-10-17(19)13-21(26,11-15)12-16)14-22(7-4-8-24(20)22)18-5-2-1-3-6-18/h1-3,5-6,15-17,19,26H,4,7-14H2. The molecule has 1 aromatic rings. The van der Waals surface area contributed by atoms with Crippen LogP contribution in [0.3, 0.4) is 0 Å². The first-order chi connectivity index (χ1) is 12.6. The highest BCUT2D eigenvalue weighted by Crippen LogP contribution is 2.58. The zero-order valence-electron chi connectivity index (χ0n) is 15.3. The summed E-state index contributed by atoms with van der Waals surface area (Å²) in [7, 11) is 0. The van der Waals surface area contributed by atoms with Crippen LogP contribution >= 0.6 is 0 Å². The van der Waals surface area contributed by atoms with E-state index in [-0.39, 0.29) is 11.6 Å². The smallest absolute Gasteiger partial charge is 0.321 e. The van der Waals surface area contributed by atoms with Crippen LogP contribution in [0.1, 0.15) is 50.5 Å². The molecular formula is C22H28N2O2. The van der Waals surface area contributed by atoms with Crippen LogP contribution in [-0.2, 0) is 5.54 Å². The molecule has 4 heteroatoms. The van der Waals surface area contributed by atoms with E-state index in [1.165, 1.54) is 18.4 Å². The van der Waals surface area contributed by atoms with Crippen LogP contribution in [-0.4, -0.2) is 45.7 Å². The van der Waals surface area contributed by atoms with E-state index in [1.807, 2.05) is 0 Å². The number of benzene rings is 1. The van der Waals surface area contributed by atoms with Crippen LogP contribution < -0.4 is 0 Å². The number of urea groups is 1. The Morgan fingerprint density at radius 2 is 1.77 bits per heavy atom. The molecule has 0 radical (unpaired) electrons. The third-order valence-electron chi connectivity index (χ3n) is 8.26. The summed E-state index contributed by atoms with van der Waals surface area (Å²) in [5.41, 5.74) is 0.753. The molecule has 3 atom stereocenters. The van der Waals surface area contributed by atoms with Crippen LogP contribution in [0.15, 0.2) is 30.3 Å². The lowest BCUT2D eigenvalue weighted by molar-refractivity contribution is -0.152. The van der Waals surface area contributed by atoms with Gasteiger partial charge in [0.05, 0.1) is 17.7 Å². The maximum Gasteiger partial charge on any atom is 0.321 e. The Balaban J connectivity index is 1.36. The molecule has 1 N–H and O–H groups in total. The molecule has 2 saturated heterocycles. The number of aliphatic hydroxyl groups is 1. The van der Waals surface area contributed by atoms with E-state index in [0.717, 1.165) is 45.2 Å². The first-order valence-electron chi connectivity index (χ1n) is 10.4. The predicted octanol–water partition coefficient (Wildman–Crippen LogP) is 3.35. The van der Waals surface area contributed by atoms with Crippen LogP contribution in [0.4, 0.5) is 4.79 Å². The van der Waals surface area contributed by atoms with Gasteiger partial charge in [0.2, 0.25) is 0 Å². The molecule has 1 aromatic carbocycles. The monoisotopic (exact) mass is 352 g/mol. The SMILES string of the molecule is O=C1N(C2C3CC4CC2CC(O)(C4)C3)CC2(c3ccccc3)CCCN12. The van der Waals surface area contributed by atoms with Gasteiger partial charge in [-0.3, -0.25) is 0 Å². The Morgan fingerprint density at radius 3 is 2.46 bits per heavy atom. The van der Waals surface area contributed by atoms with Crippen molar-refractivity contribution in [2.24, 2.45) is 17.8 Å². The molecule has 6 fully saturated rings. The number of nitrogens with zero attached hydrogens (tertiary/aromatic N) is 2. The molecule has 2 amide bonds. The fourth-order valence-corrected chi connectivity index (χ4v) is 7.66. The van der Waals surface area contributed by atoms with Gasteiger partial charge in [0.15, 0.2) is 0 Å². The Labute approximate surface area is 155 Å². The van der Waals surface area contributed by atoms with Crippen molar-refractivity contribution in [3.05, 3.63) is 35.9 Å². The van der Waals surface area contributed by atoms with Crippen molar-refractivity contribution in [3.8, 4) is 0 Å². The number of rotatable bonds is 2. The van der Waals surface area contributed by atoms with Crippen molar-refractivity contribution in [1.82, 2.24) is 9.80 Å². The second-order valence-electron chi connectivity index (χ2n) is 9.75. The lowest BCUT2D eigenvalue weighted by atomic mass is 9.52. The third kappa shape index (κ3) is 1.91. The van der Waals surface area contributed by atoms with E-state index in [0.29, 0.717) is 23.8 Å². The van der Waals surface area contributed by atoms with Crippen molar-refractivity contribution in [3.63, 3.8) is 0 Å². The van der Waals surface area contributed by atoms with Gasteiger partial charge in [-0.25, -0.2) is 4.79 Å². The van der Waals surface area contributed by atoms with E-state index >= 15 is 0 Å². The maximum absolute atomic E-state index is 13.5.